The first-order valence-electron chi connectivity index (χ1n) is 8.06. The van der Waals surface area contributed by atoms with Gasteiger partial charge in [0.25, 0.3) is 5.91 Å². The number of aryl methyl sites for hydroxylation is 1. The second-order valence-electron chi connectivity index (χ2n) is 5.93. The molecule has 0 atom stereocenters. The number of carbonyl (C=O) groups excluding carboxylic acids is 1. The first-order valence-corrected chi connectivity index (χ1v) is 8.85. The summed E-state index contributed by atoms with van der Waals surface area (Å²) in [6, 6.07) is 7.66. The van der Waals surface area contributed by atoms with Crippen LogP contribution in [0.15, 0.2) is 47.1 Å². The second kappa shape index (κ2) is 7.96. The molecular weight excluding hydrogens is 423 g/mol. The molecule has 1 aromatic heterocycles. The third kappa shape index (κ3) is 4.39. The largest absolute Gasteiger partial charge is 0.352 e. The zero-order valence-electron chi connectivity index (χ0n) is 14.3. The van der Waals surface area contributed by atoms with Gasteiger partial charge in [0.05, 0.1) is 5.56 Å². The summed E-state index contributed by atoms with van der Waals surface area (Å²) in [5.41, 5.74) is 0.750. The number of nitrogens with zero attached hydrogens (tertiary/aromatic N) is 2. The molecule has 0 fully saturated rings. The van der Waals surface area contributed by atoms with Gasteiger partial charge in [-0.15, -0.1) is 0 Å². The van der Waals surface area contributed by atoms with Crippen molar-refractivity contribution in [2.24, 2.45) is 7.05 Å². The van der Waals surface area contributed by atoms with Crippen molar-refractivity contribution >= 4 is 21.8 Å². The Kier molecular flexibility index (Phi) is 5.65. The van der Waals surface area contributed by atoms with Crippen LogP contribution in [0, 0.1) is 17.5 Å². The minimum absolute atomic E-state index is 0.0279. The summed E-state index contributed by atoms with van der Waals surface area (Å²) in [6.45, 7) is 0.187. The van der Waals surface area contributed by atoms with Gasteiger partial charge in [0, 0.05) is 35.9 Å². The van der Waals surface area contributed by atoms with E-state index >= 15 is 0 Å². The number of hydrogen-bond donors (Lipinski definition) is 1. The molecule has 0 unspecified atom stereocenters. The van der Waals surface area contributed by atoms with Crippen molar-refractivity contribution in [1.82, 2.24) is 15.1 Å². The van der Waals surface area contributed by atoms with Crippen LogP contribution < -0.4 is 5.32 Å². The Morgan fingerprint density at radius 2 is 1.93 bits per heavy atom. The van der Waals surface area contributed by atoms with Crippen molar-refractivity contribution in [3.63, 3.8) is 0 Å². The zero-order chi connectivity index (χ0) is 19.6. The highest BCUT2D eigenvalue weighted by Crippen LogP contribution is 2.25. The molecule has 3 rings (SSSR count). The lowest BCUT2D eigenvalue weighted by atomic mass is 10.1. The number of halogens is 4. The summed E-state index contributed by atoms with van der Waals surface area (Å²) in [7, 11) is 1.60. The molecule has 8 heteroatoms. The van der Waals surface area contributed by atoms with Gasteiger partial charge in [0.1, 0.15) is 23.1 Å². The Labute approximate surface area is 162 Å². The monoisotopic (exact) mass is 437 g/mol. The third-order valence-corrected chi connectivity index (χ3v) is 4.44. The highest BCUT2D eigenvalue weighted by atomic mass is 79.9. The fourth-order valence-electron chi connectivity index (χ4n) is 2.68. The van der Waals surface area contributed by atoms with Gasteiger partial charge in [0.2, 0.25) is 0 Å². The summed E-state index contributed by atoms with van der Waals surface area (Å²) in [6.07, 6.45) is 1.74. The Balaban J connectivity index is 1.76. The van der Waals surface area contributed by atoms with Crippen molar-refractivity contribution in [2.75, 3.05) is 6.54 Å². The van der Waals surface area contributed by atoms with E-state index in [9.17, 15) is 18.0 Å². The van der Waals surface area contributed by atoms with Crippen LogP contribution in [0.25, 0.3) is 11.3 Å². The van der Waals surface area contributed by atoms with E-state index in [0.29, 0.717) is 5.56 Å². The average molecular weight is 438 g/mol. The molecule has 27 heavy (non-hydrogen) atoms. The molecule has 0 radical (unpaired) electrons. The molecule has 1 heterocycles. The molecular formula is C19H15BrF3N3O. The Morgan fingerprint density at radius 3 is 2.67 bits per heavy atom. The Hall–Kier alpha value is -2.61. The number of carbonyl (C=O) groups is 1. The highest BCUT2D eigenvalue weighted by molar-refractivity contribution is 9.10. The van der Waals surface area contributed by atoms with Gasteiger partial charge in [-0.3, -0.25) is 9.48 Å². The van der Waals surface area contributed by atoms with E-state index in [4.69, 9.17) is 0 Å². The lowest BCUT2D eigenvalue weighted by molar-refractivity contribution is 0.0954. The smallest absolute Gasteiger partial charge is 0.255 e. The predicted octanol–water partition coefficient (Wildman–Crippen LogP) is 4.24. The number of nitrogens with one attached hydrogen (secondary N) is 1. The molecule has 4 nitrogen and oxygen atoms in total. The van der Waals surface area contributed by atoms with Crippen LogP contribution in [0.2, 0.25) is 0 Å². The lowest BCUT2D eigenvalue weighted by Gasteiger charge is -2.07. The van der Waals surface area contributed by atoms with Crippen LogP contribution in [0.5, 0.6) is 0 Å². The topological polar surface area (TPSA) is 46.9 Å². The van der Waals surface area contributed by atoms with Crippen LogP contribution in [-0.4, -0.2) is 22.2 Å². The normalized spacial score (nSPS) is 10.9. The maximum Gasteiger partial charge on any atom is 0.255 e. The van der Waals surface area contributed by atoms with E-state index in [-0.39, 0.29) is 35.6 Å². The maximum absolute atomic E-state index is 14.1. The molecule has 1 amide bonds. The number of hydrogen-bond acceptors (Lipinski definition) is 2. The quantitative estimate of drug-likeness (QED) is 0.648. The minimum atomic E-state index is -0.807. The molecule has 140 valence electrons. The molecule has 0 spiro atoms. The van der Waals surface area contributed by atoms with E-state index in [2.05, 4.69) is 26.3 Å². The van der Waals surface area contributed by atoms with E-state index in [1.165, 1.54) is 23.0 Å². The van der Waals surface area contributed by atoms with Crippen molar-refractivity contribution in [3.8, 4) is 11.3 Å². The van der Waals surface area contributed by atoms with Crippen molar-refractivity contribution in [1.29, 1.82) is 0 Å². The van der Waals surface area contributed by atoms with Crippen LogP contribution >= 0.6 is 15.9 Å². The van der Waals surface area contributed by atoms with Gasteiger partial charge in [-0.2, -0.15) is 5.10 Å². The van der Waals surface area contributed by atoms with Gasteiger partial charge in [-0.05, 0) is 42.3 Å². The summed E-state index contributed by atoms with van der Waals surface area (Å²) < 4.78 is 43.1. The van der Waals surface area contributed by atoms with Crippen LogP contribution in [0.1, 0.15) is 15.9 Å². The summed E-state index contributed by atoms with van der Waals surface area (Å²) >= 11 is 3.28. The van der Waals surface area contributed by atoms with Gasteiger partial charge >= 0.3 is 0 Å². The maximum atomic E-state index is 14.1. The molecule has 0 aliphatic carbocycles. The number of rotatable bonds is 5. The zero-order valence-corrected chi connectivity index (χ0v) is 15.9. The van der Waals surface area contributed by atoms with Gasteiger partial charge in [-0.25, -0.2) is 13.2 Å². The van der Waals surface area contributed by atoms with Crippen LogP contribution in [0.4, 0.5) is 13.2 Å². The fourth-order valence-corrected chi connectivity index (χ4v) is 3.08. The second-order valence-corrected chi connectivity index (χ2v) is 6.85. The van der Waals surface area contributed by atoms with E-state index < -0.39 is 17.5 Å². The fraction of sp³-hybridized carbons (Fsp3) is 0.158. The predicted molar refractivity (Wildman–Crippen MR) is 98.7 cm³/mol. The molecule has 0 aliphatic rings. The molecule has 0 aliphatic heterocycles. The van der Waals surface area contributed by atoms with E-state index in [0.717, 1.165) is 16.6 Å². The SMILES string of the molecule is Cn1cc(C(=O)NCCc2cc(Br)ccc2F)c(-c2ccc(F)cc2F)n1. The molecule has 0 bridgehead atoms. The lowest BCUT2D eigenvalue weighted by Crippen LogP contribution is -2.26. The summed E-state index contributed by atoms with van der Waals surface area (Å²) in [4.78, 5) is 12.5. The molecule has 0 saturated carbocycles. The van der Waals surface area contributed by atoms with Gasteiger partial charge in [0.15, 0.2) is 0 Å². The van der Waals surface area contributed by atoms with E-state index in [1.807, 2.05) is 0 Å². The molecule has 1 N–H and O–H groups in total. The van der Waals surface area contributed by atoms with Crippen molar-refractivity contribution < 1.29 is 18.0 Å². The molecule has 3 aromatic rings. The van der Waals surface area contributed by atoms with E-state index in [1.54, 1.807) is 19.2 Å². The number of benzene rings is 2. The standard InChI is InChI=1S/C19H15BrF3N3O/c1-26-10-15(18(25-26)14-4-3-13(21)9-17(14)23)19(27)24-7-6-11-8-12(20)2-5-16(11)22/h2-5,8-10H,6-7H2,1H3,(H,24,27). The number of amides is 1. The molecule has 2 aromatic carbocycles. The van der Waals surface area contributed by atoms with Crippen molar-refractivity contribution in [3.05, 3.63) is 75.6 Å². The third-order valence-electron chi connectivity index (χ3n) is 3.95. The van der Waals surface area contributed by atoms with Crippen LogP contribution in [0.3, 0.4) is 0 Å². The van der Waals surface area contributed by atoms with Gasteiger partial charge in [-0.1, -0.05) is 15.9 Å². The first kappa shape index (κ1) is 19.2. The Bertz CT molecular complexity index is 1000. The summed E-state index contributed by atoms with van der Waals surface area (Å²) in [5, 5.41) is 6.79. The highest BCUT2D eigenvalue weighted by Gasteiger charge is 2.20. The average Bonchev–Trinajstić information content (AvgIpc) is 2.99. The van der Waals surface area contributed by atoms with Crippen molar-refractivity contribution in [2.45, 2.75) is 6.42 Å². The summed E-state index contributed by atoms with van der Waals surface area (Å²) in [5.74, 6) is -2.35. The first-order chi connectivity index (χ1) is 12.8. The number of aromatic nitrogens is 2. The Morgan fingerprint density at radius 1 is 1.15 bits per heavy atom. The van der Waals surface area contributed by atoms with Gasteiger partial charge < -0.3 is 5.32 Å². The molecule has 0 saturated heterocycles. The minimum Gasteiger partial charge on any atom is -0.352 e. The van der Waals surface area contributed by atoms with Crippen LogP contribution in [-0.2, 0) is 13.5 Å².